The molecule has 0 bridgehead atoms. The predicted octanol–water partition coefficient (Wildman–Crippen LogP) is 9.41. The average molecular weight is 615 g/mol. The van der Waals surface area contributed by atoms with Gasteiger partial charge in [-0.05, 0) is 103 Å². The fraction of sp³-hybridized carbons (Fsp3) is 0.457. The van der Waals surface area contributed by atoms with Crippen LogP contribution >= 0.6 is 11.8 Å². The summed E-state index contributed by atoms with van der Waals surface area (Å²) in [6, 6.07) is 15.9. The van der Waals surface area contributed by atoms with Gasteiger partial charge < -0.3 is 5.11 Å². The Morgan fingerprint density at radius 2 is 1.53 bits per heavy atom. The Morgan fingerprint density at radius 3 is 2.14 bits per heavy atom. The van der Waals surface area contributed by atoms with Crippen LogP contribution in [0.15, 0.2) is 76.2 Å². The van der Waals surface area contributed by atoms with E-state index in [0.29, 0.717) is 25.7 Å². The van der Waals surface area contributed by atoms with Gasteiger partial charge in [0.05, 0.1) is 0 Å². The molecule has 43 heavy (non-hydrogen) atoms. The normalized spacial score (nSPS) is 31.1. The van der Waals surface area contributed by atoms with Gasteiger partial charge in [0, 0.05) is 22.6 Å². The molecule has 2 aromatic carbocycles. The number of halogens is 5. The molecule has 4 aliphatic rings. The van der Waals surface area contributed by atoms with Crippen LogP contribution in [0.25, 0.3) is 12.2 Å². The average Bonchev–Trinajstić information content (AvgIpc) is 3.26. The SMILES string of the molecule is CSc1ccc(C=Cc2ccc([C@H]3C[C@@]4(C)[C@@H](CC[C@@]4(O)C(F)(F)C(F)(F)F)[C@@H]4CCC5=CC(=O)CCC5=C43)cc2)cc1. The van der Waals surface area contributed by atoms with E-state index < -0.39 is 41.4 Å². The van der Waals surface area contributed by atoms with E-state index in [9.17, 15) is 23.1 Å². The fourth-order valence-corrected chi connectivity index (χ4v) is 8.87. The summed E-state index contributed by atoms with van der Waals surface area (Å²) in [6.07, 6.45) is 3.38. The smallest absolute Gasteiger partial charge is 0.383 e. The zero-order chi connectivity index (χ0) is 30.8. The number of aliphatic hydroxyl groups is 1. The van der Waals surface area contributed by atoms with Gasteiger partial charge in [-0.25, -0.2) is 0 Å². The lowest BCUT2D eigenvalue weighted by molar-refractivity contribution is -0.362. The Morgan fingerprint density at radius 1 is 0.907 bits per heavy atom. The van der Waals surface area contributed by atoms with E-state index in [4.69, 9.17) is 0 Å². The summed E-state index contributed by atoms with van der Waals surface area (Å²) in [4.78, 5) is 13.4. The van der Waals surface area contributed by atoms with E-state index in [-0.39, 0.29) is 24.5 Å². The maximum absolute atomic E-state index is 15.2. The number of hydrogen-bond donors (Lipinski definition) is 1. The third kappa shape index (κ3) is 4.84. The Bertz CT molecular complexity index is 1500. The Kier molecular flexibility index (Phi) is 7.56. The number of fused-ring (bicyclic) bond motifs is 4. The van der Waals surface area contributed by atoms with Gasteiger partial charge in [-0.3, -0.25) is 4.79 Å². The number of rotatable bonds is 5. The Balaban J connectivity index is 1.40. The molecule has 0 spiro atoms. The summed E-state index contributed by atoms with van der Waals surface area (Å²) in [5, 5.41) is 11.4. The van der Waals surface area contributed by atoms with Crippen LogP contribution in [0, 0.1) is 17.3 Å². The third-order valence-electron chi connectivity index (χ3n) is 10.7. The summed E-state index contributed by atoms with van der Waals surface area (Å²) in [5.74, 6) is -6.36. The standard InChI is InChI=1S/C35H35F5O2S/c1-32-20-29(23-9-5-21(6-10-23)3-4-22-7-13-26(43-2)14-8-22)31-27-16-12-25(41)19-24(27)11-15-28(31)30(32)17-18-33(32,42)34(36,37)35(38,39)40/h3-10,13-14,19,28-30,42H,11-12,15-18,20H2,1-2H3/t28-,29+,30-,32-,33-/m0/s1. The first-order valence-electron chi connectivity index (χ1n) is 14.8. The Labute approximate surface area is 253 Å². The topological polar surface area (TPSA) is 37.3 Å². The predicted molar refractivity (Wildman–Crippen MR) is 160 cm³/mol. The minimum Gasteiger partial charge on any atom is -0.383 e. The minimum atomic E-state index is -5.86. The monoisotopic (exact) mass is 614 g/mol. The summed E-state index contributed by atoms with van der Waals surface area (Å²) in [5.41, 5.74) is 1.06. The second kappa shape index (κ2) is 10.7. The van der Waals surface area contributed by atoms with Crippen LogP contribution in [0.3, 0.4) is 0 Å². The molecule has 2 aromatic rings. The van der Waals surface area contributed by atoms with Gasteiger partial charge in [0.15, 0.2) is 5.78 Å². The van der Waals surface area contributed by atoms with Crippen molar-refractivity contribution in [1.29, 1.82) is 0 Å². The molecule has 6 rings (SSSR count). The van der Waals surface area contributed by atoms with Crippen molar-refractivity contribution in [1.82, 2.24) is 0 Å². The third-order valence-corrected chi connectivity index (χ3v) is 11.4. The van der Waals surface area contributed by atoms with Crippen LogP contribution in [0.2, 0.25) is 0 Å². The van der Waals surface area contributed by atoms with E-state index in [0.717, 1.165) is 33.4 Å². The minimum absolute atomic E-state index is 0.0205. The van der Waals surface area contributed by atoms with Gasteiger partial charge in [-0.1, -0.05) is 61.0 Å². The highest BCUT2D eigenvalue weighted by Crippen LogP contribution is 2.70. The van der Waals surface area contributed by atoms with Crippen LogP contribution < -0.4 is 0 Å². The molecule has 0 unspecified atom stereocenters. The molecule has 0 saturated heterocycles. The number of alkyl halides is 5. The highest BCUT2D eigenvalue weighted by molar-refractivity contribution is 7.98. The van der Waals surface area contributed by atoms with Gasteiger partial charge >= 0.3 is 12.1 Å². The molecule has 5 atom stereocenters. The highest BCUT2D eigenvalue weighted by atomic mass is 32.2. The second-order valence-electron chi connectivity index (χ2n) is 12.7. The van der Waals surface area contributed by atoms with E-state index >= 15 is 8.78 Å². The number of carbonyl (C=O) groups is 1. The lowest BCUT2D eigenvalue weighted by Gasteiger charge is -2.56. The lowest BCUT2D eigenvalue weighted by Crippen LogP contribution is -2.65. The molecule has 0 radical (unpaired) electrons. The molecule has 0 amide bonds. The van der Waals surface area contributed by atoms with E-state index in [2.05, 4.69) is 0 Å². The zero-order valence-corrected chi connectivity index (χ0v) is 25.0. The summed E-state index contributed by atoms with van der Waals surface area (Å²) in [6.45, 7) is 1.45. The first-order chi connectivity index (χ1) is 20.3. The number of ketones is 1. The van der Waals surface area contributed by atoms with E-state index in [1.165, 1.54) is 11.8 Å². The first-order valence-corrected chi connectivity index (χ1v) is 16.1. The molecule has 2 fully saturated rings. The number of benzene rings is 2. The molecular weight excluding hydrogens is 579 g/mol. The van der Waals surface area contributed by atoms with Crippen molar-refractivity contribution in [2.45, 2.75) is 80.4 Å². The molecule has 1 N–H and O–H groups in total. The number of hydrogen-bond acceptors (Lipinski definition) is 3. The van der Waals surface area contributed by atoms with Crippen LogP contribution in [0.4, 0.5) is 22.0 Å². The quantitative estimate of drug-likeness (QED) is 0.207. The maximum atomic E-state index is 15.2. The van der Waals surface area contributed by atoms with Crippen LogP contribution in [-0.2, 0) is 4.79 Å². The van der Waals surface area contributed by atoms with Gasteiger partial charge in [0.2, 0.25) is 0 Å². The van der Waals surface area contributed by atoms with Gasteiger partial charge in [-0.15, -0.1) is 11.8 Å². The molecule has 4 aliphatic carbocycles. The van der Waals surface area contributed by atoms with Crippen LogP contribution in [-0.4, -0.2) is 34.8 Å². The summed E-state index contributed by atoms with van der Waals surface area (Å²) >= 11 is 1.67. The summed E-state index contributed by atoms with van der Waals surface area (Å²) in [7, 11) is 0. The first kappa shape index (κ1) is 30.3. The fourth-order valence-electron chi connectivity index (χ4n) is 8.46. The van der Waals surface area contributed by atoms with E-state index in [1.807, 2.05) is 66.9 Å². The van der Waals surface area contributed by atoms with Crippen molar-refractivity contribution in [3.8, 4) is 0 Å². The Hall–Kier alpha value is -2.71. The number of thioether (sulfide) groups is 1. The molecule has 0 aromatic heterocycles. The number of allylic oxidation sites excluding steroid dienone is 4. The maximum Gasteiger partial charge on any atom is 0.456 e. The van der Waals surface area contributed by atoms with Crippen molar-refractivity contribution < 1.29 is 31.9 Å². The van der Waals surface area contributed by atoms with E-state index in [1.54, 1.807) is 17.8 Å². The van der Waals surface area contributed by atoms with Gasteiger partial charge in [-0.2, -0.15) is 22.0 Å². The van der Waals surface area contributed by atoms with Crippen molar-refractivity contribution >= 4 is 29.7 Å². The lowest BCUT2D eigenvalue weighted by atomic mass is 9.50. The summed E-state index contributed by atoms with van der Waals surface area (Å²) < 4.78 is 71.7. The molecule has 0 aliphatic heterocycles. The van der Waals surface area contributed by atoms with Crippen LogP contribution in [0.5, 0.6) is 0 Å². The molecule has 2 saturated carbocycles. The molecule has 228 valence electrons. The molecular formula is C35H35F5O2S. The largest absolute Gasteiger partial charge is 0.456 e. The number of carbonyl (C=O) groups excluding carboxylic acids is 1. The highest BCUT2D eigenvalue weighted by Gasteiger charge is 2.79. The second-order valence-corrected chi connectivity index (χ2v) is 13.6. The zero-order valence-electron chi connectivity index (χ0n) is 24.2. The van der Waals surface area contributed by atoms with Crippen molar-refractivity contribution in [2.75, 3.05) is 6.26 Å². The molecule has 0 heterocycles. The van der Waals surface area contributed by atoms with Crippen molar-refractivity contribution in [3.63, 3.8) is 0 Å². The molecule has 8 heteroatoms. The van der Waals surface area contributed by atoms with Crippen LogP contribution in [0.1, 0.15) is 74.5 Å². The molecule has 2 nitrogen and oxygen atoms in total. The van der Waals surface area contributed by atoms with Crippen molar-refractivity contribution in [2.24, 2.45) is 17.3 Å². The van der Waals surface area contributed by atoms with Gasteiger partial charge in [0.25, 0.3) is 0 Å². The van der Waals surface area contributed by atoms with Crippen molar-refractivity contribution in [3.05, 3.63) is 88.0 Å². The van der Waals surface area contributed by atoms with Gasteiger partial charge in [0.1, 0.15) is 5.60 Å².